The van der Waals surface area contributed by atoms with E-state index in [4.69, 9.17) is 9.47 Å². The fourth-order valence-electron chi connectivity index (χ4n) is 4.56. The number of hydrogen-bond acceptors (Lipinski definition) is 4. The molecule has 0 aromatic rings. The lowest BCUT2D eigenvalue weighted by Crippen LogP contribution is -2.52. The number of morpholine rings is 1. The van der Waals surface area contributed by atoms with E-state index in [1.54, 1.807) is 0 Å². The summed E-state index contributed by atoms with van der Waals surface area (Å²) in [5.41, 5.74) is 0.527. The molecule has 2 N–H and O–H groups in total. The molecule has 0 aromatic carbocycles. The lowest BCUT2D eigenvalue weighted by molar-refractivity contribution is 0.0396. The summed E-state index contributed by atoms with van der Waals surface area (Å²) in [4.78, 5) is 0. The third kappa shape index (κ3) is 4.02. The summed E-state index contributed by atoms with van der Waals surface area (Å²) in [6.45, 7) is 7.86. The zero-order chi connectivity index (χ0) is 15.3. The Labute approximate surface area is 135 Å². The largest absolute Gasteiger partial charge is 0.382 e. The molecule has 3 atom stereocenters. The summed E-state index contributed by atoms with van der Waals surface area (Å²) in [6, 6.07) is 1.25. The third-order valence-corrected chi connectivity index (χ3v) is 6.17. The lowest BCUT2D eigenvalue weighted by atomic mass is 9.66. The first kappa shape index (κ1) is 16.7. The SMILES string of the molecule is CCOCCC1(CNC2CCCC2C2COCCN2)CCC1. The Morgan fingerprint density at radius 2 is 2.18 bits per heavy atom. The van der Waals surface area contributed by atoms with E-state index in [1.807, 2.05) is 0 Å². The number of ether oxygens (including phenoxy) is 2. The lowest BCUT2D eigenvalue weighted by Gasteiger charge is -2.44. The fraction of sp³-hybridized carbons (Fsp3) is 1.00. The van der Waals surface area contributed by atoms with Crippen LogP contribution < -0.4 is 10.6 Å². The topological polar surface area (TPSA) is 42.5 Å². The van der Waals surface area contributed by atoms with E-state index in [2.05, 4.69) is 17.6 Å². The first-order valence-corrected chi connectivity index (χ1v) is 9.45. The minimum atomic E-state index is 0.527. The van der Waals surface area contributed by atoms with E-state index in [1.165, 1.54) is 51.5 Å². The highest BCUT2D eigenvalue weighted by Crippen LogP contribution is 2.44. The normalized spacial score (nSPS) is 34.5. The van der Waals surface area contributed by atoms with E-state index in [-0.39, 0.29) is 0 Å². The molecule has 0 aromatic heterocycles. The molecule has 4 nitrogen and oxygen atoms in total. The molecule has 1 aliphatic heterocycles. The third-order valence-electron chi connectivity index (χ3n) is 6.17. The first-order valence-electron chi connectivity index (χ1n) is 9.45. The van der Waals surface area contributed by atoms with Crippen LogP contribution in [0.1, 0.15) is 51.9 Å². The van der Waals surface area contributed by atoms with E-state index in [0.29, 0.717) is 17.5 Å². The van der Waals surface area contributed by atoms with Crippen LogP contribution in [0.4, 0.5) is 0 Å². The molecule has 1 saturated heterocycles. The maximum absolute atomic E-state index is 5.68. The van der Waals surface area contributed by atoms with Gasteiger partial charge in [0.25, 0.3) is 0 Å². The number of hydrogen-bond donors (Lipinski definition) is 2. The molecule has 22 heavy (non-hydrogen) atoms. The molecule has 3 rings (SSSR count). The van der Waals surface area contributed by atoms with Crippen molar-refractivity contribution in [2.75, 3.05) is 39.5 Å². The van der Waals surface area contributed by atoms with Crippen LogP contribution in [-0.2, 0) is 9.47 Å². The van der Waals surface area contributed by atoms with Gasteiger partial charge in [0.05, 0.1) is 13.2 Å². The van der Waals surface area contributed by atoms with Crippen LogP contribution in [0.25, 0.3) is 0 Å². The van der Waals surface area contributed by atoms with Gasteiger partial charge in [-0.25, -0.2) is 0 Å². The Bertz CT molecular complexity index is 327. The Morgan fingerprint density at radius 1 is 1.27 bits per heavy atom. The average molecular weight is 310 g/mol. The number of nitrogens with one attached hydrogen (secondary N) is 2. The molecule has 3 unspecified atom stereocenters. The second kappa shape index (κ2) is 8.09. The Morgan fingerprint density at radius 3 is 2.86 bits per heavy atom. The molecule has 3 fully saturated rings. The van der Waals surface area contributed by atoms with Gasteiger partial charge in [0, 0.05) is 38.4 Å². The molecule has 2 aliphatic carbocycles. The molecule has 0 spiro atoms. The second-order valence-electron chi connectivity index (χ2n) is 7.52. The van der Waals surface area contributed by atoms with E-state index in [9.17, 15) is 0 Å². The van der Waals surface area contributed by atoms with Gasteiger partial charge in [-0.05, 0) is 50.4 Å². The maximum Gasteiger partial charge on any atom is 0.0623 e. The van der Waals surface area contributed by atoms with Crippen molar-refractivity contribution >= 4 is 0 Å². The zero-order valence-electron chi connectivity index (χ0n) is 14.2. The van der Waals surface area contributed by atoms with Gasteiger partial charge in [0.1, 0.15) is 0 Å². The van der Waals surface area contributed by atoms with Crippen molar-refractivity contribution in [3.05, 3.63) is 0 Å². The molecule has 0 bridgehead atoms. The minimum absolute atomic E-state index is 0.527. The molecule has 2 saturated carbocycles. The molecular weight excluding hydrogens is 276 g/mol. The summed E-state index contributed by atoms with van der Waals surface area (Å²) in [7, 11) is 0. The van der Waals surface area contributed by atoms with Crippen molar-refractivity contribution < 1.29 is 9.47 Å². The van der Waals surface area contributed by atoms with E-state index in [0.717, 1.165) is 38.9 Å². The van der Waals surface area contributed by atoms with Crippen LogP contribution in [-0.4, -0.2) is 51.6 Å². The smallest absolute Gasteiger partial charge is 0.0623 e. The second-order valence-corrected chi connectivity index (χ2v) is 7.52. The maximum atomic E-state index is 5.68. The van der Waals surface area contributed by atoms with Crippen molar-refractivity contribution in [2.45, 2.75) is 64.0 Å². The van der Waals surface area contributed by atoms with Gasteiger partial charge >= 0.3 is 0 Å². The highest BCUT2D eigenvalue weighted by atomic mass is 16.5. The molecular formula is C18H34N2O2. The highest BCUT2D eigenvalue weighted by molar-refractivity contribution is 4.95. The van der Waals surface area contributed by atoms with E-state index < -0.39 is 0 Å². The molecule has 128 valence electrons. The van der Waals surface area contributed by atoms with Crippen LogP contribution in [0, 0.1) is 11.3 Å². The van der Waals surface area contributed by atoms with Gasteiger partial charge < -0.3 is 20.1 Å². The predicted octanol–water partition coefficient (Wildman–Crippen LogP) is 2.33. The molecule has 3 aliphatic rings. The predicted molar refractivity (Wildman–Crippen MR) is 89.1 cm³/mol. The molecule has 0 radical (unpaired) electrons. The van der Waals surface area contributed by atoms with Gasteiger partial charge in [0.15, 0.2) is 0 Å². The van der Waals surface area contributed by atoms with Crippen LogP contribution in [0.5, 0.6) is 0 Å². The first-order chi connectivity index (χ1) is 10.8. The van der Waals surface area contributed by atoms with Crippen molar-refractivity contribution in [1.82, 2.24) is 10.6 Å². The summed E-state index contributed by atoms with van der Waals surface area (Å²) < 4.78 is 11.3. The van der Waals surface area contributed by atoms with Crippen LogP contribution in [0.15, 0.2) is 0 Å². The standard InChI is InChI=1S/C18H34N2O2/c1-2-21-11-9-18(7-4-8-18)14-20-16-6-3-5-15(16)17-13-22-12-10-19-17/h15-17,19-20H,2-14H2,1H3. The molecule has 4 heteroatoms. The fourth-order valence-corrected chi connectivity index (χ4v) is 4.56. The molecule has 0 amide bonds. The van der Waals surface area contributed by atoms with E-state index >= 15 is 0 Å². The van der Waals surface area contributed by atoms with Gasteiger partial charge in [-0.2, -0.15) is 0 Å². The summed E-state index contributed by atoms with van der Waals surface area (Å²) in [6.07, 6.45) is 9.46. The quantitative estimate of drug-likeness (QED) is 0.675. The molecule has 1 heterocycles. The van der Waals surface area contributed by atoms with Crippen molar-refractivity contribution in [1.29, 1.82) is 0 Å². The van der Waals surface area contributed by atoms with Crippen LogP contribution >= 0.6 is 0 Å². The van der Waals surface area contributed by atoms with Gasteiger partial charge in [-0.1, -0.05) is 12.8 Å². The van der Waals surface area contributed by atoms with Crippen molar-refractivity contribution in [3.63, 3.8) is 0 Å². The Kier molecular flexibility index (Phi) is 6.14. The van der Waals surface area contributed by atoms with Crippen molar-refractivity contribution in [2.24, 2.45) is 11.3 Å². The Hall–Kier alpha value is -0.160. The van der Waals surface area contributed by atoms with Gasteiger partial charge in [0.2, 0.25) is 0 Å². The highest BCUT2D eigenvalue weighted by Gasteiger charge is 2.39. The monoisotopic (exact) mass is 310 g/mol. The zero-order valence-corrected chi connectivity index (χ0v) is 14.2. The summed E-state index contributed by atoms with van der Waals surface area (Å²) >= 11 is 0. The van der Waals surface area contributed by atoms with Gasteiger partial charge in [-0.15, -0.1) is 0 Å². The van der Waals surface area contributed by atoms with Crippen molar-refractivity contribution in [3.8, 4) is 0 Å². The van der Waals surface area contributed by atoms with Crippen LogP contribution in [0.2, 0.25) is 0 Å². The number of rotatable bonds is 8. The summed E-state index contributed by atoms with van der Waals surface area (Å²) in [5.74, 6) is 0.754. The van der Waals surface area contributed by atoms with Gasteiger partial charge in [-0.3, -0.25) is 0 Å². The van der Waals surface area contributed by atoms with Crippen LogP contribution in [0.3, 0.4) is 0 Å². The minimum Gasteiger partial charge on any atom is -0.382 e. The Balaban J connectivity index is 1.46. The summed E-state index contributed by atoms with van der Waals surface area (Å²) in [5, 5.41) is 7.62. The average Bonchev–Trinajstić information content (AvgIpc) is 2.98.